The number of hydrazine groups is 1. The van der Waals surface area contributed by atoms with Crippen molar-refractivity contribution < 1.29 is 9.66 Å². The molecule has 0 spiro atoms. The molecular weight excluding hydrogens is 422 g/mol. The van der Waals surface area contributed by atoms with Crippen LogP contribution in [-0.4, -0.2) is 56.9 Å². The molecule has 3 aliphatic heterocycles. The molecule has 3 heterocycles. The van der Waals surface area contributed by atoms with E-state index in [1.807, 2.05) is 25.6 Å². The van der Waals surface area contributed by atoms with Crippen LogP contribution >= 0.6 is 11.8 Å². The molecule has 3 aliphatic rings. The third-order valence-electron chi connectivity index (χ3n) is 7.24. The highest BCUT2D eigenvalue weighted by molar-refractivity contribution is 8.00. The van der Waals surface area contributed by atoms with Crippen LogP contribution in [0.4, 0.5) is 0 Å². The van der Waals surface area contributed by atoms with Crippen LogP contribution in [-0.2, 0) is 4.79 Å². The van der Waals surface area contributed by atoms with Crippen molar-refractivity contribution in [1.82, 2.24) is 15.6 Å². The molecule has 8 heteroatoms. The summed E-state index contributed by atoms with van der Waals surface area (Å²) in [5.41, 5.74) is 6.59. The van der Waals surface area contributed by atoms with Crippen LogP contribution in [0.1, 0.15) is 65.0 Å². The van der Waals surface area contributed by atoms with Gasteiger partial charge >= 0.3 is 0 Å². The third-order valence-corrected chi connectivity index (χ3v) is 8.91. The third kappa shape index (κ3) is 4.07. The second kappa shape index (κ2) is 9.14. The molecule has 0 radical (unpaired) electrons. The van der Waals surface area contributed by atoms with Gasteiger partial charge in [0.25, 0.3) is 6.17 Å². The summed E-state index contributed by atoms with van der Waals surface area (Å²) in [6.07, 6.45) is -0.355. The highest BCUT2D eigenvalue weighted by Crippen LogP contribution is 2.49. The Labute approximate surface area is 195 Å². The Morgan fingerprint density at radius 2 is 1.94 bits per heavy atom. The Morgan fingerprint density at radius 1 is 1.25 bits per heavy atom. The number of carbonyl (C=O) groups is 1. The summed E-state index contributed by atoms with van der Waals surface area (Å²) in [6.45, 7) is 13.4. The molecule has 4 rings (SSSR count). The van der Waals surface area contributed by atoms with Gasteiger partial charge < -0.3 is 5.32 Å². The number of nitroso groups, excluding NO2 is 1. The Bertz CT molecular complexity index is 902. The highest BCUT2D eigenvalue weighted by atomic mass is 32.2. The zero-order valence-electron chi connectivity index (χ0n) is 19.9. The van der Waals surface area contributed by atoms with Gasteiger partial charge in [-0.25, -0.2) is 0 Å². The van der Waals surface area contributed by atoms with Crippen molar-refractivity contribution in [1.29, 1.82) is 0 Å². The molecule has 0 aromatic heterocycles. The first-order valence-corrected chi connectivity index (χ1v) is 12.8. The number of nitrogens with zero attached hydrogens (tertiary/aromatic N) is 3. The van der Waals surface area contributed by atoms with Crippen molar-refractivity contribution in [2.45, 2.75) is 82.9 Å². The van der Waals surface area contributed by atoms with Crippen molar-refractivity contribution >= 4 is 23.4 Å². The number of benzene rings is 1. The van der Waals surface area contributed by atoms with Crippen LogP contribution in [0.15, 0.2) is 29.3 Å². The molecule has 174 valence electrons. The number of nitrogens with one attached hydrogen (secondary N) is 2. The lowest BCUT2D eigenvalue weighted by atomic mass is 9.83. The molecular formula is C24H36N5O2S+. The smallest absolute Gasteiger partial charge is 0.289 e. The van der Waals surface area contributed by atoms with E-state index in [0.29, 0.717) is 23.6 Å². The van der Waals surface area contributed by atoms with Crippen molar-refractivity contribution in [3.63, 3.8) is 0 Å². The Kier molecular flexibility index (Phi) is 6.63. The summed E-state index contributed by atoms with van der Waals surface area (Å²) >= 11 is 1.93. The summed E-state index contributed by atoms with van der Waals surface area (Å²) in [4.78, 5) is 33.6. The Morgan fingerprint density at radius 3 is 2.56 bits per heavy atom. The Balaban J connectivity index is 1.81. The van der Waals surface area contributed by atoms with E-state index in [2.05, 4.69) is 67.6 Å². The normalized spacial score (nSPS) is 34.5. The van der Waals surface area contributed by atoms with Crippen molar-refractivity contribution in [3.05, 3.63) is 40.3 Å². The number of hydrogen-bond donors (Lipinski definition) is 2. The average Bonchev–Trinajstić information content (AvgIpc) is 3.16. The van der Waals surface area contributed by atoms with Gasteiger partial charge in [0.05, 0.1) is 22.7 Å². The minimum atomic E-state index is -0.337. The first kappa shape index (κ1) is 23.2. The van der Waals surface area contributed by atoms with Gasteiger partial charge in [-0.3, -0.25) is 9.79 Å². The zero-order valence-corrected chi connectivity index (χ0v) is 20.7. The highest BCUT2D eigenvalue weighted by Gasteiger charge is 2.58. The predicted octanol–water partition coefficient (Wildman–Crippen LogP) is 3.49. The molecule has 0 aliphatic carbocycles. The molecule has 2 fully saturated rings. The first-order chi connectivity index (χ1) is 15.2. The average molecular weight is 459 g/mol. The number of aliphatic imine (C=N–C) groups is 1. The van der Waals surface area contributed by atoms with Crippen molar-refractivity contribution in [2.24, 2.45) is 16.8 Å². The molecule has 1 aromatic carbocycles. The van der Waals surface area contributed by atoms with E-state index < -0.39 is 0 Å². The van der Waals surface area contributed by atoms with E-state index >= 15 is 0 Å². The van der Waals surface area contributed by atoms with E-state index in [1.165, 1.54) is 5.56 Å². The maximum Gasteiger partial charge on any atom is 0.289 e. The Hall–Kier alpha value is -1.93. The lowest BCUT2D eigenvalue weighted by Crippen LogP contribution is -2.51. The van der Waals surface area contributed by atoms with Gasteiger partial charge in [0.2, 0.25) is 5.91 Å². The van der Waals surface area contributed by atoms with E-state index in [4.69, 9.17) is 4.99 Å². The lowest BCUT2D eigenvalue weighted by molar-refractivity contribution is -0.626. The topological polar surface area (TPSA) is 76.8 Å². The number of thioether (sulfide) groups is 1. The summed E-state index contributed by atoms with van der Waals surface area (Å²) in [7, 11) is 0. The summed E-state index contributed by atoms with van der Waals surface area (Å²) in [5, 5.41) is 3.50. The number of hydrogen-bond acceptors (Lipinski definition) is 5. The molecule has 0 saturated carbocycles. The molecule has 0 bridgehead atoms. The largest absolute Gasteiger partial charge is 0.356 e. The second-order valence-electron chi connectivity index (χ2n) is 9.61. The molecule has 2 saturated heterocycles. The van der Waals surface area contributed by atoms with Gasteiger partial charge in [-0.1, -0.05) is 52.0 Å². The van der Waals surface area contributed by atoms with Crippen molar-refractivity contribution in [2.75, 3.05) is 6.54 Å². The molecule has 7 nitrogen and oxygen atoms in total. The molecule has 1 amide bonds. The van der Waals surface area contributed by atoms with Gasteiger partial charge in [0, 0.05) is 30.3 Å². The fraction of sp³-hybridized carbons (Fsp3) is 0.667. The maximum absolute atomic E-state index is 12.6. The monoisotopic (exact) mass is 458 g/mol. The predicted molar refractivity (Wildman–Crippen MR) is 130 cm³/mol. The van der Waals surface area contributed by atoms with Crippen LogP contribution in [0, 0.1) is 16.7 Å². The number of carbonyl (C=O) groups excluding carboxylic acids is 1. The summed E-state index contributed by atoms with van der Waals surface area (Å²) < 4.78 is 0. The lowest BCUT2D eigenvalue weighted by Gasteiger charge is -2.30. The van der Waals surface area contributed by atoms with E-state index in [9.17, 15) is 9.70 Å². The number of amides is 1. The molecule has 2 N–H and O–H groups in total. The zero-order chi connectivity index (χ0) is 23.2. The summed E-state index contributed by atoms with van der Waals surface area (Å²) in [6, 6.07) is 8.41. The number of fused-ring (bicyclic) bond motifs is 3. The van der Waals surface area contributed by atoms with Crippen LogP contribution in [0.3, 0.4) is 0 Å². The minimum absolute atomic E-state index is 0.0318. The van der Waals surface area contributed by atoms with Gasteiger partial charge in [-0.05, 0) is 29.9 Å². The molecule has 7 atom stereocenters. The SMILES string of the molecule is CCNC(=O)C[C@@H]1N=C(c2ccc(C(C)C)cc2)C2C(C)C(C)SC2N2C1N[N+](=O)C2C. The standard InChI is InChI=1S/C24H35N5O2S/c1-7-25-20(30)12-19-23-27-29(31)16(6)28(23)24-21(14(4)15(5)32-24)22(26-19)18-10-8-17(9-11-18)13(2)3/h8-11,13-16,19,21,23-24H,7,12H2,1-6H3,(H-,25,27,30,31)/p+1/t14?,15?,16?,19-,21?,23?,24?/m0/s1. The minimum Gasteiger partial charge on any atom is -0.356 e. The van der Waals surface area contributed by atoms with Crippen LogP contribution < -0.4 is 10.7 Å². The quantitative estimate of drug-likeness (QED) is 0.661. The number of rotatable bonds is 5. The van der Waals surface area contributed by atoms with E-state index in [1.54, 1.807) is 0 Å². The van der Waals surface area contributed by atoms with Gasteiger partial charge in [-0.2, -0.15) is 4.90 Å². The first-order valence-electron chi connectivity index (χ1n) is 11.8. The molecule has 6 unspecified atom stereocenters. The fourth-order valence-electron chi connectivity index (χ4n) is 5.19. The van der Waals surface area contributed by atoms with Gasteiger partial charge in [0.15, 0.2) is 6.17 Å². The fourth-order valence-corrected chi connectivity index (χ4v) is 7.04. The summed E-state index contributed by atoms with van der Waals surface area (Å²) in [5.74, 6) is 1.04. The van der Waals surface area contributed by atoms with Gasteiger partial charge in [0.1, 0.15) is 4.87 Å². The van der Waals surface area contributed by atoms with E-state index in [-0.39, 0.29) is 42.0 Å². The van der Waals surface area contributed by atoms with Crippen LogP contribution in [0.2, 0.25) is 0 Å². The molecule has 1 aromatic rings. The second-order valence-corrected chi connectivity index (χ2v) is 11.1. The van der Waals surface area contributed by atoms with Crippen LogP contribution in [0.5, 0.6) is 0 Å². The van der Waals surface area contributed by atoms with Crippen LogP contribution in [0.25, 0.3) is 0 Å². The van der Waals surface area contributed by atoms with Crippen molar-refractivity contribution in [3.8, 4) is 0 Å². The van der Waals surface area contributed by atoms with Gasteiger partial charge in [-0.15, -0.1) is 17.2 Å². The maximum atomic E-state index is 12.6. The van der Waals surface area contributed by atoms with E-state index in [0.717, 1.165) is 16.1 Å². The molecule has 32 heavy (non-hydrogen) atoms.